The lowest BCUT2D eigenvalue weighted by molar-refractivity contribution is 0.152. The average molecular weight is 388 g/mol. The fourth-order valence-electron chi connectivity index (χ4n) is 3.64. The lowest BCUT2D eigenvalue weighted by atomic mass is 10.00. The van der Waals surface area contributed by atoms with Crippen LogP contribution >= 0.6 is 0 Å². The minimum atomic E-state index is 0.240. The van der Waals surface area contributed by atoms with Crippen molar-refractivity contribution in [2.75, 3.05) is 53.4 Å². The minimum absolute atomic E-state index is 0.240. The molecule has 0 saturated carbocycles. The molecule has 1 aliphatic rings. The number of nitrogens with one attached hydrogen (secondary N) is 2. The number of hydrogen-bond donors (Lipinski definition) is 2. The molecule has 1 unspecified atom stereocenters. The fourth-order valence-corrected chi connectivity index (χ4v) is 3.64. The van der Waals surface area contributed by atoms with Crippen molar-refractivity contribution in [2.45, 2.75) is 46.1 Å². The summed E-state index contributed by atoms with van der Waals surface area (Å²) in [5.41, 5.74) is 2.71. The Labute approximate surface area is 172 Å². The standard InChI is InChI=1S/C23H41N5/c1-19(2)18-21-8-10-22(11-9-21)20(3)26-23(24-4)25-12-6-7-13-28-16-14-27(5)15-17-28/h8-11,19-20H,6-7,12-18H2,1-5H3,(H2,24,25,26). The van der Waals surface area contributed by atoms with Gasteiger partial charge in [-0.15, -0.1) is 0 Å². The highest BCUT2D eigenvalue weighted by Gasteiger charge is 2.13. The second-order valence-corrected chi connectivity index (χ2v) is 8.56. The number of unbranched alkanes of at least 4 members (excludes halogenated alkanes) is 1. The number of nitrogens with zero attached hydrogens (tertiary/aromatic N) is 3. The minimum Gasteiger partial charge on any atom is -0.356 e. The lowest BCUT2D eigenvalue weighted by Gasteiger charge is -2.32. The quantitative estimate of drug-likeness (QED) is 0.388. The summed E-state index contributed by atoms with van der Waals surface area (Å²) in [6, 6.07) is 9.21. The number of benzene rings is 1. The second-order valence-electron chi connectivity index (χ2n) is 8.56. The van der Waals surface area contributed by atoms with Crippen molar-refractivity contribution in [3.8, 4) is 0 Å². The number of rotatable bonds is 9. The number of hydrogen-bond acceptors (Lipinski definition) is 3. The van der Waals surface area contributed by atoms with Crippen LogP contribution in [-0.2, 0) is 6.42 Å². The third kappa shape index (κ3) is 8.19. The summed E-state index contributed by atoms with van der Waals surface area (Å²) < 4.78 is 0. The van der Waals surface area contributed by atoms with E-state index in [0.29, 0.717) is 5.92 Å². The first-order chi connectivity index (χ1) is 13.5. The molecular formula is C23H41N5. The number of aliphatic imine (C=N–C) groups is 1. The van der Waals surface area contributed by atoms with Crippen molar-refractivity contribution in [3.63, 3.8) is 0 Å². The molecule has 1 heterocycles. The van der Waals surface area contributed by atoms with Gasteiger partial charge in [0, 0.05) is 39.8 Å². The van der Waals surface area contributed by atoms with Crippen molar-refractivity contribution in [1.82, 2.24) is 20.4 Å². The molecule has 1 aromatic carbocycles. The number of piperazine rings is 1. The van der Waals surface area contributed by atoms with E-state index in [2.05, 4.69) is 77.5 Å². The second kappa shape index (κ2) is 12.1. The van der Waals surface area contributed by atoms with Crippen LogP contribution in [0.2, 0.25) is 0 Å². The van der Waals surface area contributed by atoms with Gasteiger partial charge in [-0.1, -0.05) is 38.1 Å². The first kappa shape index (κ1) is 22.7. The van der Waals surface area contributed by atoms with E-state index in [1.807, 2.05) is 7.05 Å². The molecule has 2 rings (SSSR count). The molecule has 0 radical (unpaired) electrons. The molecular weight excluding hydrogens is 346 g/mol. The number of likely N-dealkylation sites (N-methyl/N-ethyl adjacent to an activating group) is 1. The molecule has 0 bridgehead atoms. The first-order valence-corrected chi connectivity index (χ1v) is 10.9. The summed E-state index contributed by atoms with van der Waals surface area (Å²) in [7, 11) is 4.05. The van der Waals surface area contributed by atoms with Crippen LogP contribution in [0.4, 0.5) is 0 Å². The Hall–Kier alpha value is -1.59. The van der Waals surface area contributed by atoms with Crippen LogP contribution in [0.3, 0.4) is 0 Å². The van der Waals surface area contributed by atoms with Crippen molar-refractivity contribution in [2.24, 2.45) is 10.9 Å². The Kier molecular flexibility index (Phi) is 9.79. The normalized spacial score (nSPS) is 17.7. The van der Waals surface area contributed by atoms with Crippen molar-refractivity contribution in [1.29, 1.82) is 0 Å². The highest BCUT2D eigenvalue weighted by Crippen LogP contribution is 2.15. The van der Waals surface area contributed by atoms with E-state index in [0.717, 1.165) is 18.9 Å². The van der Waals surface area contributed by atoms with Gasteiger partial charge in [-0.25, -0.2) is 0 Å². The zero-order valence-corrected chi connectivity index (χ0v) is 18.7. The fraction of sp³-hybridized carbons (Fsp3) is 0.696. The Morgan fingerprint density at radius 1 is 1.04 bits per heavy atom. The van der Waals surface area contributed by atoms with Crippen LogP contribution in [0.5, 0.6) is 0 Å². The van der Waals surface area contributed by atoms with Crippen molar-refractivity contribution < 1.29 is 0 Å². The molecule has 0 aromatic heterocycles. The van der Waals surface area contributed by atoms with Gasteiger partial charge in [0.2, 0.25) is 0 Å². The smallest absolute Gasteiger partial charge is 0.191 e. The monoisotopic (exact) mass is 387 g/mol. The highest BCUT2D eigenvalue weighted by atomic mass is 15.2. The van der Waals surface area contributed by atoms with E-state index in [1.54, 1.807) is 0 Å². The predicted octanol–water partition coefficient (Wildman–Crippen LogP) is 3.14. The van der Waals surface area contributed by atoms with Gasteiger partial charge in [0.1, 0.15) is 0 Å². The summed E-state index contributed by atoms with van der Waals surface area (Å²) in [6.07, 6.45) is 3.55. The molecule has 28 heavy (non-hydrogen) atoms. The van der Waals surface area contributed by atoms with Gasteiger partial charge in [-0.3, -0.25) is 4.99 Å². The van der Waals surface area contributed by atoms with Gasteiger partial charge >= 0.3 is 0 Å². The van der Waals surface area contributed by atoms with Crippen molar-refractivity contribution in [3.05, 3.63) is 35.4 Å². The van der Waals surface area contributed by atoms with Gasteiger partial charge in [0.05, 0.1) is 6.04 Å². The molecule has 0 amide bonds. The van der Waals surface area contributed by atoms with Crippen LogP contribution in [-0.4, -0.2) is 69.1 Å². The van der Waals surface area contributed by atoms with E-state index in [4.69, 9.17) is 0 Å². The largest absolute Gasteiger partial charge is 0.356 e. The van der Waals surface area contributed by atoms with Crippen LogP contribution in [0.1, 0.15) is 50.8 Å². The third-order valence-electron chi connectivity index (χ3n) is 5.49. The Balaban J connectivity index is 1.66. The summed E-state index contributed by atoms with van der Waals surface area (Å²) in [4.78, 5) is 9.38. The zero-order valence-electron chi connectivity index (χ0n) is 18.7. The predicted molar refractivity (Wildman–Crippen MR) is 121 cm³/mol. The molecule has 1 fully saturated rings. The molecule has 0 spiro atoms. The molecule has 5 nitrogen and oxygen atoms in total. The summed E-state index contributed by atoms with van der Waals surface area (Å²) in [5.74, 6) is 1.58. The maximum atomic E-state index is 4.38. The Bertz CT molecular complexity index is 573. The maximum Gasteiger partial charge on any atom is 0.191 e. The molecule has 1 aromatic rings. The van der Waals surface area contributed by atoms with Gasteiger partial charge < -0.3 is 20.4 Å². The zero-order chi connectivity index (χ0) is 20.4. The van der Waals surface area contributed by atoms with E-state index in [1.165, 1.54) is 56.7 Å². The SMILES string of the molecule is CN=C(NCCCCN1CCN(C)CC1)NC(C)c1ccc(CC(C)C)cc1. The molecule has 158 valence electrons. The number of guanidine groups is 1. The van der Waals surface area contributed by atoms with Gasteiger partial charge in [0.15, 0.2) is 5.96 Å². The van der Waals surface area contributed by atoms with E-state index < -0.39 is 0 Å². The molecule has 2 N–H and O–H groups in total. The molecule has 0 aliphatic carbocycles. The molecule has 1 atom stereocenters. The Morgan fingerprint density at radius 3 is 2.32 bits per heavy atom. The van der Waals surface area contributed by atoms with E-state index in [-0.39, 0.29) is 6.04 Å². The van der Waals surface area contributed by atoms with Crippen LogP contribution in [0.15, 0.2) is 29.3 Å². The Morgan fingerprint density at radius 2 is 1.71 bits per heavy atom. The van der Waals surface area contributed by atoms with Gasteiger partial charge in [0.25, 0.3) is 0 Å². The average Bonchev–Trinajstić information content (AvgIpc) is 2.68. The lowest BCUT2D eigenvalue weighted by Crippen LogP contribution is -2.44. The maximum absolute atomic E-state index is 4.38. The van der Waals surface area contributed by atoms with E-state index in [9.17, 15) is 0 Å². The molecule has 1 aliphatic heterocycles. The topological polar surface area (TPSA) is 42.9 Å². The molecule has 5 heteroatoms. The molecule has 1 saturated heterocycles. The summed E-state index contributed by atoms with van der Waals surface area (Å²) >= 11 is 0. The highest BCUT2D eigenvalue weighted by molar-refractivity contribution is 5.80. The summed E-state index contributed by atoms with van der Waals surface area (Å²) in [5, 5.41) is 6.98. The third-order valence-corrected chi connectivity index (χ3v) is 5.49. The van der Waals surface area contributed by atoms with E-state index >= 15 is 0 Å². The van der Waals surface area contributed by atoms with Crippen LogP contribution < -0.4 is 10.6 Å². The van der Waals surface area contributed by atoms with Crippen molar-refractivity contribution >= 4 is 5.96 Å². The van der Waals surface area contributed by atoms with Gasteiger partial charge in [-0.2, -0.15) is 0 Å². The van der Waals surface area contributed by atoms with Crippen LogP contribution in [0.25, 0.3) is 0 Å². The first-order valence-electron chi connectivity index (χ1n) is 10.9. The van der Waals surface area contributed by atoms with Gasteiger partial charge in [-0.05, 0) is 56.8 Å². The summed E-state index contributed by atoms with van der Waals surface area (Å²) in [6.45, 7) is 13.7. The van der Waals surface area contributed by atoms with Crippen LogP contribution in [0, 0.1) is 5.92 Å².